The molecule has 0 N–H and O–H groups in total. The highest BCUT2D eigenvalue weighted by atomic mass is 19.1. The Morgan fingerprint density at radius 2 is 1.82 bits per heavy atom. The number of nitrogens with zero attached hydrogens (tertiary/aromatic N) is 2. The molecule has 0 unspecified atom stereocenters. The molecule has 0 aliphatic rings. The molecule has 0 amide bonds. The summed E-state index contributed by atoms with van der Waals surface area (Å²) in [4.78, 5) is 6.70. The second kappa shape index (κ2) is 11.7. The first-order chi connectivity index (χ1) is 5.39. The minimum Gasteiger partial charge on any atom is -0.255 e. The predicted molar refractivity (Wildman–Crippen MR) is 40.4 cm³/mol. The van der Waals surface area contributed by atoms with Crippen molar-refractivity contribution in [1.82, 2.24) is 9.97 Å². The summed E-state index contributed by atoms with van der Waals surface area (Å²) in [5.41, 5.74) is 0. The van der Waals surface area contributed by atoms with Crippen molar-refractivity contribution in [1.29, 1.82) is 0 Å². The Hall–Kier alpha value is -1.06. The van der Waals surface area contributed by atoms with E-state index in [-0.39, 0.29) is 0 Å². The Labute approximate surface area is 65.3 Å². The van der Waals surface area contributed by atoms with Crippen molar-refractivity contribution in [2.45, 2.75) is 13.8 Å². The fraction of sp³-hybridized carbons (Fsp3) is 0.429. The lowest BCUT2D eigenvalue weighted by Crippen LogP contribution is -1.78. The van der Waals surface area contributed by atoms with Gasteiger partial charge in [0, 0.05) is 12.3 Å². The Morgan fingerprint density at radius 3 is 2.00 bits per heavy atom. The zero-order chi connectivity index (χ0) is 9.11. The topological polar surface area (TPSA) is 25.8 Å². The van der Waals surface area contributed by atoms with Crippen LogP contribution in [0.25, 0.3) is 0 Å². The SMILES string of the molecule is CC.CF.Fc1ccncn1. The van der Waals surface area contributed by atoms with E-state index in [1.54, 1.807) is 0 Å². The van der Waals surface area contributed by atoms with E-state index in [0.29, 0.717) is 7.18 Å². The maximum absolute atomic E-state index is 11.8. The van der Waals surface area contributed by atoms with Crippen LogP contribution in [0.1, 0.15) is 13.8 Å². The average Bonchev–Trinajstić information content (AvgIpc) is 2.13. The van der Waals surface area contributed by atoms with Gasteiger partial charge in [0.2, 0.25) is 5.95 Å². The predicted octanol–water partition coefficient (Wildman–Crippen LogP) is 2.23. The third kappa shape index (κ3) is 8.94. The lowest BCUT2D eigenvalue weighted by Gasteiger charge is -1.77. The first-order valence-electron chi connectivity index (χ1n) is 3.19. The van der Waals surface area contributed by atoms with Gasteiger partial charge in [-0.25, -0.2) is 9.97 Å². The summed E-state index contributed by atoms with van der Waals surface area (Å²) in [6.07, 6.45) is 2.51. The molecule has 1 aromatic heterocycles. The summed E-state index contributed by atoms with van der Waals surface area (Å²) >= 11 is 0. The second-order valence-corrected chi connectivity index (χ2v) is 1.03. The Bertz CT molecular complexity index is 144. The number of hydrogen-bond acceptors (Lipinski definition) is 2. The fourth-order valence-electron chi connectivity index (χ4n) is 0.275. The average molecular weight is 162 g/mol. The van der Waals surface area contributed by atoms with Crippen LogP contribution in [-0.4, -0.2) is 17.1 Å². The van der Waals surface area contributed by atoms with Crippen molar-refractivity contribution in [3.8, 4) is 0 Å². The van der Waals surface area contributed by atoms with Gasteiger partial charge in [0.15, 0.2) is 0 Å². The van der Waals surface area contributed by atoms with E-state index in [1.807, 2.05) is 13.8 Å². The van der Waals surface area contributed by atoms with Crippen molar-refractivity contribution in [3.05, 3.63) is 24.5 Å². The zero-order valence-electron chi connectivity index (χ0n) is 6.88. The van der Waals surface area contributed by atoms with Crippen molar-refractivity contribution >= 4 is 0 Å². The van der Waals surface area contributed by atoms with Gasteiger partial charge < -0.3 is 0 Å². The molecule has 0 aliphatic heterocycles. The lowest BCUT2D eigenvalue weighted by molar-refractivity contribution is 0.579. The summed E-state index contributed by atoms with van der Waals surface area (Å²) in [6, 6.07) is 1.19. The molecule has 0 spiro atoms. The van der Waals surface area contributed by atoms with Gasteiger partial charge in [-0.3, -0.25) is 4.39 Å². The number of halogens is 2. The summed E-state index contributed by atoms with van der Waals surface area (Å²) in [7, 11) is 0.500. The van der Waals surface area contributed by atoms with Gasteiger partial charge in [0.25, 0.3) is 0 Å². The summed E-state index contributed by atoms with van der Waals surface area (Å²) in [6.45, 7) is 4.00. The third-order valence-electron chi connectivity index (χ3n) is 0.546. The lowest BCUT2D eigenvalue weighted by atomic mass is 10.7. The Morgan fingerprint density at radius 1 is 1.27 bits per heavy atom. The number of hydrogen-bond donors (Lipinski definition) is 0. The van der Waals surface area contributed by atoms with E-state index < -0.39 is 5.95 Å². The first kappa shape index (κ1) is 12.6. The van der Waals surface area contributed by atoms with Gasteiger partial charge >= 0.3 is 0 Å². The van der Waals surface area contributed by atoms with E-state index in [2.05, 4.69) is 9.97 Å². The molecule has 1 aromatic rings. The molecule has 0 bridgehead atoms. The monoisotopic (exact) mass is 162 g/mol. The highest BCUT2D eigenvalue weighted by Crippen LogP contribution is 1.82. The normalized spacial score (nSPS) is 6.64. The van der Waals surface area contributed by atoms with Gasteiger partial charge in [-0.05, 0) is 0 Å². The quantitative estimate of drug-likeness (QED) is 0.546. The molecule has 0 aromatic carbocycles. The molecular formula is C7H12F2N2. The van der Waals surface area contributed by atoms with E-state index in [1.165, 1.54) is 12.3 Å². The van der Waals surface area contributed by atoms with Gasteiger partial charge in [-0.1, -0.05) is 13.8 Å². The summed E-state index contributed by atoms with van der Waals surface area (Å²) in [5.74, 6) is -0.491. The molecule has 2 nitrogen and oxygen atoms in total. The molecule has 64 valence electrons. The van der Waals surface area contributed by atoms with Crippen LogP contribution in [-0.2, 0) is 0 Å². The van der Waals surface area contributed by atoms with Crippen LogP contribution in [0.3, 0.4) is 0 Å². The molecule has 0 atom stereocenters. The van der Waals surface area contributed by atoms with Crippen molar-refractivity contribution in [2.24, 2.45) is 0 Å². The van der Waals surface area contributed by atoms with E-state index in [4.69, 9.17) is 0 Å². The van der Waals surface area contributed by atoms with Crippen molar-refractivity contribution in [3.63, 3.8) is 0 Å². The minimum atomic E-state index is -0.491. The second-order valence-electron chi connectivity index (χ2n) is 1.03. The smallest absolute Gasteiger partial charge is 0.215 e. The van der Waals surface area contributed by atoms with Crippen LogP contribution in [0, 0.1) is 5.95 Å². The van der Waals surface area contributed by atoms with Crippen LogP contribution < -0.4 is 0 Å². The number of rotatable bonds is 0. The molecule has 1 heterocycles. The molecule has 0 saturated heterocycles. The molecule has 11 heavy (non-hydrogen) atoms. The van der Waals surface area contributed by atoms with Gasteiger partial charge in [-0.15, -0.1) is 0 Å². The highest BCUT2D eigenvalue weighted by molar-refractivity contribution is 4.79. The zero-order valence-corrected chi connectivity index (χ0v) is 6.88. The van der Waals surface area contributed by atoms with Gasteiger partial charge in [0.1, 0.15) is 6.33 Å². The maximum Gasteiger partial charge on any atom is 0.215 e. The molecule has 4 heteroatoms. The standard InChI is InChI=1S/C4H3FN2.C2H6.CH3F/c5-4-1-2-6-3-7-4;2*1-2/h1-3H;1-2H3;1H3. The van der Waals surface area contributed by atoms with Crippen LogP contribution in [0.4, 0.5) is 8.78 Å². The van der Waals surface area contributed by atoms with Crippen LogP contribution in [0.15, 0.2) is 18.6 Å². The third-order valence-corrected chi connectivity index (χ3v) is 0.546. The van der Waals surface area contributed by atoms with Crippen molar-refractivity contribution < 1.29 is 8.78 Å². The van der Waals surface area contributed by atoms with Crippen LogP contribution >= 0.6 is 0 Å². The van der Waals surface area contributed by atoms with E-state index >= 15 is 0 Å². The summed E-state index contributed by atoms with van der Waals surface area (Å²) in [5, 5.41) is 0. The van der Waals surface area contributed by atoms with E-state index in [0.717, 1.165) is 6.33 Å². The molecule has 0 fully saturated rings. The largest absolute Gasteiger partial charge is 0.255 e. The Balaban J connectivity index is 0. The highest BCUT2D eigenvalue weighted by Gasteiger charge is 1.79. The molecular weight excluding hydrogens is 150 g/mol. The fourth-order valence-corrected chi connectivity index (χ4v) is 0.275. The molecule has 0 aliphatic carbocycles. The minimum absolute atomic E-state index is 0.491. The maximum atomic E-state index is 11.8. The molecule has 0 radical (unpaired) electrons. The Kier molecular flexibility index (Phi) is 13.4. The van der Waals surface area contributed by atoms with Crippen molar-refractivity contribution in [2.75, 3.05) is 7.18 Å². The number of alkyl halides is 1. The summed E-state index contributed by atoms with van der Waals surface area (Å²) < 4.78 is 21.3. The van der Waals surface area contributed by atoms with Crippen LogP contribution in [0.2, 0.25) is 0 Å². The van der Waals surface area contributed by atoms with Gasteiger partial charge in [0.05, 0.1) is 7.18 Å². The molecule has 1 rings (SSSR count). The first-order valence-corrected chi connectivity index (χ1v) is 3.19. The van der Waals surface area contributed by atoms with E-state index in [9.17, 15) is 8.78 Å². The van der Waals surface area contributed by atoms with Crippen LogP contribution in [0.5, 0.6) is 0 Å². The molecule has 0 saturated carbocycles. The van der Waals surface area contributed by atoms with Gasteiger partial charge in [-0.2, -0.15) is 4.39 Å². The number of aromatic nitrogens is 2.